The predicted molar refractivity (Wildman–Crippen MR) is 110 cm³/mol. The van der Waals surface area contributed by atoms with E-state index < -0.39 is 9.73 Å². The first-order valence-corrected chi connectivity index (χ1v) is 10.2. The Morgan fingerprint density at radius 2 is 1.75 bits per heavy atom. The molecule has 1 atom stereocenters. The van der Waals surface area contributed by atoms with E-state index in [-0.39, 0.29) is 5.56 Å². The molecule has 0 fully saturated rings. The minimum absolute atomic E-state index is 0.248. The molecule has 0 amide bonds. The van der Waals surface area contributed by atoms with Crippen molar-refractivity contribution in [3.8, 4) is 0 Å². The summed E-state index contributed by atoms with van der Waals surface area (Å²) in [5, 5.41) is 5.26. The summed E-state index contributed by atoms with van der Waals surface area (Å²) in [4.78, 5) is 13.6. The van der Waals surface area contributed by atoms with Crippen LogP contribution in [0.15, 0.2) is 93.6 Å². The van der Waals surface area contributed by atoms with Gasteiger partial charge in [0.05, 0.1) is 27.9 Å². The van der Waals surface area contributed by atoms with Gasteiger partial charge in [0.25, 0.3) is 5.56 Å². The van der Waals surface area contributed by atoms with E-state index in [2.05, 4.69) is 5.10 Å². The quantitative estimate of drug-likeness (QED) is 0.521. The second kappa shape index (κ2) is 6.94. The Morgan fingerprint density at radius 3 is 2.50 bits per heavy atom. The Kier molecular flexibility index (Phi) is 4.44. The van der Waals surface area contributed by atoms with Crippen molar-refractivity contribution in [2.24, 2.45) is 0 Å². The maximum Gasteiger partial charge on any atom is 0.274 e. The molecule has 140 valence electrons. The van der Waals surface area contributed by atoms with Crippen LogP contribution in [0, 0.1) is 4.78 Å². The molecule has 0 aliphatic carbocycles. The summed E-state index contributed by atoms with van der Waals surface area (Å²) in [6.45, 7) is 0.306. The van der Waals surface area contributed by atoms with Crippen molar-refractivity contribution in [2.45, 2.75) is 16.3 Å². The standard InChI is InChI=1S/C21H18N4O2S/c22-17-6-4-5-15(11-17)14-25-21(26)20-10-9-19(12-16(20)13-24-25)28(23,27)18-7-2-1-3-8-18/h1-13,23H,14,22H2. The van der Waals surface area contributed by atoms with E-state index in [0.29, 0.717) is 32.8 Å². The molecule has 1 aromatic heterocycles. The second-order valence-electron chi connectivity index (χ2n) is 6.47. The molecular weight excluding hydrogens is 372 g/mol. The molecular formula is C21H18N4O2S. The van der Waals surface area contributed by atoms with Crippen molar-refractivity contribution in [2.75, 3.05) is 5.73 Å². The van der Waals surface area contributed by atoms with Crippen LogP contribution >= 0.6 is 0 Å². The Bertz CT molecular complexity index is 1330. The number of nitrogens with two attached hydrogens (primary N) is 1. The van der Waals surface area contributed by atoms with Crippen molar-refractivity contribution in [1.29, 1.82) is 4.78 Å². The van der Waals surface area contributed by atoms with Crippen LogP contribution < -0.4 is 11.3 Å². The maximum absolute atomic E-state index is 13.0. The molecule has 28 heavy (non-hydrogen) atoms. The molecule has 0 saturated carbocycles. The monoisotopic (exact) mass is 390 g/mol. The number of nitrogen functional groups attached to an aromatic ring is 1. The van der Waals surface area contributed by atoms with Gasteiger partial charge in [0.2, 0.25) is 0 Å². The highest BCUT2D eigenvalue weighted by atomic mass is 32.2. The molecule has 0 saturated heterocycles. The molecule has 3 N–H and O–H groups in total. The summed E-state index contributed by atoms with van der Waals surface area (Å²) in [6, 6.07) is 20.8. The minimum Gasteiger partial charge on any atom is -0.399 e. The number of nitrogens with zero attached hydrogens (tertiary/aromatic N) is 2. The van der Waals surface area contributed by atoms with Crippen molar-refractivity contribution < 1.29 is 4.21 Å². The van der Waals surface area contributed by atoms with Gasteiger partial charge < -0.3 is 5.73 Å². The summed E-state index contributed by atoms with van der Waals surface area (Å²) < 4.78 is 22.7. The first kappa shape index (κ1) is 17.9. The van der Waals surface area contributed by atoms with Crippen LogP contribution in [0.25, 0.3) is 10.8 Å². The Balaban J connectivity index is 1.75. The first-order valence-electron chi connectivity index (χ1n) is 8.63. The summed E-state index contributed by atoms with van der Waals surface area (Å²) >= 11 is 0. The highest BCUT2D eigenvalue weighted by Crippen LogP contribution is 2.24. The van der Waals surface area contributed by atoms with Crippen LogP contribution in [0.2, 0.25) is 0 Å². The SMILES string of the molecule is N=S(=O)(c1ccccc1)c1ccc2c(=O)n(Cc3cccc(N)c3)ncc2c1. The summed E-state index contributed by atoms with van der Waals surface area (Å²) in [5.74, 6) is 0. The molecule has 3 aromatic carbocycles. The Labute approximate surface area is 162 Å². The van der Waals surface area contributed by atoms with E-state index in [1.165, 1.54) is 4.68 Å². The van der Waals surface area contributed by atoms with Crippen molar-refractivity contribution in [3.63, 3.8) is 0 Å². The third-order valence-electron chi connectivity index (χ3n) is 4.51. The van der Waals surface area contributed by atoms with Crippen LogP contribution in [0.1, 0.15) is 5.56 Å². The second-order valence-corrected chi connectivity index (χ2v) is 8.53. The van der Waals surface area contributed by atoms with Gasteiger partial charge in [-0.2, -0.15) is 5.10 Å². The fourth-order valence-corrected chi connectivity index (χ4v) is 4.44. The summed E-state index contributed by atoms with van der Waals surface area (Å²) in [5.41, 5.74) is 7.05. The van der Waals surface area contributed by atoms with E-state index in [9.17, 15) is 9.00 Å². The van der Waals surface area contributed by atoms with E-state index in [4.69, 9.17) is 10.5 Å². The van der Waals surface area contributed by atoms with Crippen LogP contribution in [-0.4, -0.2) is 14.0 Å². The number of hydrogen-bond donors (Lipinski definition) is 2. The average molecular weight is 390 g/mol. The van der Waals surface area contributed by atoms with Crippen LogP contribution in [-0.2, 0) is 16.3 Å². The van der Waals surface area contributed by atoms with Crippen molar-refractivity contribution in [1.82, 2.24) is 9.78 Å². The van der Waals surface area contributed by atoms with E-state index in [1.54, 1.807) is 60.8 Å². The van der Waals surface area contributed by atoms with Gasteiger partial charge in [-0.05, 0) is 48.0 Å². The highest BCUT2D eigenvalue weighted by molar-refractivity contribution is 7.92. The van der Waals surface area contributed by atoms with Gasteiger partial charge in [0.1, 0.15) is 9.73 Å². The number of rotatable bonds is 4. The molecule has 4 aromatic rings. The number of benzene rings is 3. The molecule has 0 aliphatic heterocycles. The largest absolute Gasteiger partial charge is 0.399 e. The van der Waals surface area contributed by atoms with Crippen molar-refractivity contribution in [3.05, 3.63) is 94.9 Å². The zero-order valence-corrected chi connectivity index (χ0v) is 15.7. The summed E-state index contributed by atoms with van der Waals surface area (Å²) in [7, 11) is -3.16. The molecule has 0 bridgehead atoms. The molecule has 0 spiro atoms. The normalized spacial score (nSPS) is 13.3. The Morgan fingerprint density at radius 1 is 0.964 bits per heavy atom. The van der Waals surface area contributed by atoms with Gasteiger partial charge >= 0.3 is 0 Å². The molecule has 0 aliphatic rings. The van der Waals surface area contributed by atoms with Crippen molar-refractivity contribution >= 4 is 26.2 Å². The number of hydrogen-bond acceptors (Lipinski definition) is 5. The predicted octanol–water partition coefficient (Wildman–Crippen LogP) is 3.49. The van der Waals surface area contributed by atoms with Gasteiger partial charge in [0, 0.05) is 11.1 Å². The molecule has 1 heterocycles. The van der Waals surface area contributed by atoms with E-state index >= 15 is 0 Å². The smallest absolute Gasteiger partial charge is 0.274 e. The van der Waals surface area contributed by atoms with E-state index in [0.717, 1.165) is 5.56 Å². The van der Waals surface area contributed by atoms with Gasteiger partial charge in [-0.1, -0.05) is 30.3 Å². The fraction of sp³-hybridized carbons (Fsp3) is 0.0476. The number of nitrogens with one attached hydrogen (secondary N) is 1. The zero-order valence-electron chi connectivity index (χ0n) is 14.9. The molecule has 4 rings (SSSR count). The lowest BCUT2D eigenvalue weighted by molar-refractivity contribution is 0.647. The summed E-state index contributed by atoms with van der Waals surface area (Å²) in [6.07, 6.45) is 1.56. The highest BCUT2D eigenvalue weighted by Gasteiger charge is 2.15. The third-order valence-corrected chi connectivity index (χ3v) is 6.37. The van der Waals surface area contributed by atoms with E-state index in [1.807, 2.05) is 18.2 Å². The minimum atomic E-state index is -3.16. The van der Waals surface area contributed by atoms with Gasteiger partial charge in [0.15, 0.2) is 0 Å². The molecule has 1 unspecified atom stereocenters. The molecule has 7 heteroatoms. The Hall–Kier alpha value is -3.45. The number of fused-ring (bicyclic) bond motifs is 1. The van der Waals surface area contributed by atoms with Gasteiger partial charge in [-0.15, -0.1) is 0 Å². The van der Waals surface area contributed by atoms with Crippen LogP contribution in [0.4, 0.5) is 5.69 Å². The fourth-order valence-electron chi connectivity index (χ4n) is 3.07. The maximum atomic E-state index is 13.0. The topological polar surface area (TPSA) is 102 Å². The zero-order chi connectivity index (χ0) is 19.7. The number of aromatic nitrogens is 2. The van der Waals surface area contributed by atoms with Crippen LogP contribution in [0.5, 0.6) is 0 Å². The molecule has 0 radical (unpaired) electrons. The average Bonchev–Trinajstić information content (AvgIpc) is 2.70. The van der Waals surface area contributed by atoms with Gasteiger partial charge in [-0.25, -0.2) is 13.7 Å². The number of anilines is 1. The molecule has 6 nitrogen and oxygen atoms in total. The van der Waals surface area contributed by atoms with Crippen LogP contribution in [0.3, 0.4) is 0 Å². The van der Waals surface area contributed by atoms with Gasteiger partial charge in [-0.3, -0.25) is 4.79 Å². The lowest BCUT2D eigenvalue weighted by atomic mass is 10.2. The third kappa shape index (κ3) is 3.27. The lowest BCUT2D eigenvalue weighted by Crippen LogP contribution is -2.23. The lowest BCUT2D eigenvalue weighted by Gasteiger charge is -2.10. The first-order chi connectivity index (χ1) is 13.4.